The second-order valence-corrected chi connectivity index (χ2v) is 9.95. The molecule has 0 bridgehead atoms. The average Bonchev–Trinajstić information content (AvgIpc) is 3.03. The Labute approximate surface area is 199 Å². The average molecular weight is 475 g/mol. The van der Waals surface area contributed by atoms with E-state index in [2.05, 4.69) is 17.9 Å². The Kier molecular flexibility index (Phi) is 8.15. The van der Waals surface area contributed by atoms with Crippen molar-refractivity contribution in [2.75, 3.05) is 38.3 Å². The highest BCUT2D eigenvalue weighted by atomic mass is 32.2. The van der Waals surface area contributed by atoms with Crippen LogP contribution in [0.5, 0.6) is 0 Å². The standard InChI is InChI=1S/C23H30N4O3S2/c1-5-26-20(25-9-6-8-15(2)14-25)17(16(3)18(13-24)21(26)28)12-19-22(29)27(23(31)32-19)10-7-11-30-4/h12,15H,5-11,14H2,1-4H3/b19-12+. The van der Waals surface area contributed by atoms with Crippen molar-refractivity contribution in [3.05, 3.63) is 31.9 Å². The third-order valence-corrected chi connectivity index (χ3v) is 7.38. The maximum Gasteiger partial charge on any atom is 0.270 e. The summed E-state index contributed by atoms with van der Waals surface area (Å²) in [7, 11) is 1.63. The molecule has 7 nitrogen and oxygen atoms in total. The molecule has 1 aromatic rings. The summed E-state index contributed by atoms with van der Waals surface area (Å²) < 4.78 is 7.29. The summed E-state index contributed by atoms with van der Waals surface area (Å²) in [5.74, 6) is 1.17. The van der Waals surface area contributed by atoms with Crippen LogP contribution in [0.4, 0.5) is 5.82 Å². The van der Waals surface area contributed by atoms with E-state index in [1.54, 1.807) is 23.5 Å². The van der Waals surface area contributed by atoms with E-state index in [1.165, 1.54) is 11.8 Å². The number of ether oxygens (including phenoxy) is 1. The van der Waals surface area contributed by atoms with Gasteiger partial charge in [0.2, 0.25) is 0 Å². The van der Waals surface area contributed by atoms with Gasteiger partial charge in [0.05, 0.1) is 4.91 Å². The van der Waals surface area contributed by atoms with Crippen molar-refractivity contribution in [1.29, 1.82) is 5.26 Å². The number of methoxy groups -OCH3 is 1. The Bertz CT molecular complexity index is 1040. The Morgan fingerprint density at radius 2 is 2.12 bits per heavy atom. The molecule has 0 aromatic carbocycles. The smallest absolute Gasteiger partial charge is 0.270 e. The first-order valence-electron chi connectivity index (χ1n) is 11.0. The van der Waals surface area contributed by atoms with Crippen LogP contribution in [0.25, 0.3) is 6.08 Å². The number of piperidine rings is 1. The molecule has 32 heavy (non-hydrogen) atoms. The molecule has 1 aromatic heterocycles. The molecule has 2 saturated heterocycles. The van der Waals surface area contributed by atoms with E-state index in [1.807, 2.05) is 13.0 Å². The van der Waals surface area contributed by atoms with Gasteiger partial charge in [-0.2, -0.15) is 5.26 Å². The first kappa shape index (κ1) is 24.5. The van der Waals surface area contributed by atoms with Gasteiger partial charge in [0, 0.05) is 45.5 Å². The Hall–Kier alpha value is -2.15. The van der Waals surface area contributed by atoms with E-state index < -0.39 is 0 Å². The van der Waals surface area contributed by atoms with Crippen molar-refractivity contribution in [3.63, 3.8) is 0 Å². The lowest BCUT2D eigenvalue weighted by Crippen LogP contribution is -2.40. The van der Waals surface area contributed by atoms with Crippen LogP contribution in [0.1, 0.15) is 49.8 Å². The number of anilines is 1. The van der Waals surface area contributed by atoms with Crippen LogP contribution in [-0.4, -0.2) is 53.0 Å². The number of hydrogen-bond donors (Lipinski definition) is 0. The van der Waals surface area contributed by atoms with E-state index >= 15 is 0 Å². The number of amides is 1. The molecule has 0 N–H and O–H groups in total. The second-order valence-electron chi connectivity index (χ2n) is 8.27. The van der Waals surface area contributed by atoms with Gasteiger partial charge in [0.25, 0.3) is 11.5 Å². The van der Waals surface area contributed by atoms with Gasteiger partial charge in [-0.25, -0.2) is 0 Å². The first-order valence-corrected chi connectivity index (χ1v) is 12.2. The van der Waals surface area contributed by atoms with Gasteiger partial charge in [-0.05, 0) is 50.7 Å². The molecule has 0 spiro atoms. The molecule has 3 rings (SSSR count). The molecule has 2 fully saturated rings. The van der Waals surface area contributed by atoms with Gasteiger partial charge in [-0.15, -0.1) is 0 Å². The van der Waals surface area contributed by atoms with Crippen molar-refractivity contribution >= 4 is 46.1 Å². The normalized spacial score (nSPS) is 20.3. The summed E-state index contributed by atoms with van der Waals surface area (Å²) in [5.41, 5.74) is 1.22. The summed E-state index contributed by atoms with van der Waals surface area (Å²) in [4.78, 5) is 30.5. The highest BCUT2D eigenvalue weighted by Gasteiger charge is 2.33. The first-order chi connectivity index (χ1) is 15.3. The zero-order chi connectivity index (χ0) is 23.4. The number of nitrogens with zero attached hydrogens (tertiary/aromatic N) is 4. The number of carbonyl (C=O) groups excluding carboxylic acids is 1. The molecule has 1 atom stereocenters. The topological polar surface area (TPSA) is 78.6 Å². The van der Waals surface area contributed by atoms with E-state index in [-0.39, 0.29) is 17.0 Å². The predicted molar refractivity (Wildman–Crippen MR) is 133 cm³/mol. The Morgan fingerprint density at radius 3 is 2.75 bits per heavy atom. The lowest BCUT2D eigenvalue weighted by molar-refractivity contribution is -0.122. The summed E-state index contributed by atoms with van der Waals surface area (Å²) in [6.45, 7) is 9.10. The maximum atomic E-state index is 13.1. The summed E-state index contributed by atoms with van der Waals surface area (Å²) >= 11 is 6.72. The van der Waals surface area contributed by atoms with Crippen molar-refractivity contribution in [3.8, 4) is 6.07 Å². The molecule has 1 unspecified atom stereocenters. The summed E-state index contributed by atoms with van der Waals surface area (Å²) in [6, 6.07) is 2.08. The van der Waals surface area contributed by atoms with Crippen molar-refractivity contribution in [1.82, 2.24) is 9.47 Å². The third kappa shape index (κ3) is 4.77. The minimum absolute atomic E-state index is 0.127. The Balaban J connectivity index is 2.13. The highest BCUT2D eigenvalue weighted by molar-refractivity contribution is 8.26. The summed E-state index contributed by atoms with van der Waals surface area (Å²) in [6.07, 6.45) is 4.72. The fourth-order valence-corrected chi connectivity index (χ4v) is 5.64. The minimum atomic E-state index is -0.273. The van der Waals surface area contributed by atoms with Crippen LogP contribution in [0, 0.1) is 24.2 Å². The van der Waals surface area contributed by atoms with Crippen LogP contribution in [0.2, 0.25) is 0 Å². The largest absolute Gasteiger partial charge is 0.385 e. The highest BCUT2D eigenvalue weighted by Crippen LogP contribution is 2.36. The van der Waals surface area contributed by atoms with Gasteiger partial charge in [-0.3, -0.25) is 19.1 Å². The van der Waals surface area contributed by atoms with Crippen LogP contribution in [0.3, 0.4) is 0 Å². The Morgan fingerprint density at radius 1 is 1.38 bits per heavy atom. The number of aromatic nitrogens is 1. The van der Waals surface area contributed by atoms with E-state index in [4.69, 9.17) is 17.0 Å². The maximum absolute atomic E-state index is 13.1. The summed E-state index contributed by atoms with van der Waals surface area (Å²) in [5, 5.41) is 9.69. The van der Waals surface area contributed by atoms with Crippen molar-refractivity contribution < 1.29 is 9.53 Å². The lowest BCUT2D eigenvalue weighted by Gasteiger charge is -2.35. The lowest BCUT2D eigenvalue weighted by atomic mass is 9.98. The fourth-order valence-electron chi connectivity index (χ4n) is 4.35. The second kappa shape index (κ2) is 10.6. The number of hydrogen-bond acceptors (Lipinski definition) is 7. The molecule has 2 aliphatic heterocycles. The molecule has 3 heterocycles. The van der Waals surface area contributed by atoms with Gasteiger partial charge in [-0.1, -0.05) is 30.9 Å². The van der Waals surface area contributed by atoms with E-state index in [0.29, 0.717) is 46.8 Å². The fraction of sp³-hybridized carbons (Fsp3) is 0.565. The van der Waals surface area contributed by atoms with E-state index in [9.17, 15) is 14.9 Å². The van der Waals surface area contributed by atoms with Crippen molar-refractivity contribution in [2.24, 2.45) is 5.92 Å². The zero-order valence-electron chi connectivity index (χ0n) is 19.1. The molecule has 9 heteroatoms. The van der Waals surface area contributed by atoms with E-state index in [0.717, 1.165) is 37.3 Å². The zero-order valence-corrected chi connectivity index (χ0v) is 20.8. The molecule has 0 aliphatic carbocycles. The van der Waals surface area contributed by atoms with Crippen LogP contribution >= 0.6 is 24.0 Å². The predicted octanol–water partition coefficient (Wildman–Crippen LogP) is 3.52. The molecule has 1 amide bonds. The molecule has 0 radical (unpaired) electrons. The van der Waals surface area contributed by atoms with Crippen LogP contribution in [0.15, 0.2) is 9.70 Å². The molecule has 0 saturated carbocycles. The van der Waals surface area contributed by atoms with Crippen LogP contribution < -0.4 is 10.5 Å². The van der Waals surface area contributed by atoms with Gasteiger partial charge < -0.3 is 9.64 Å². The minimum Gasteiger partial charge on any atom is -0.385 e. The number of pyridine rings is 1. The number of thioether (sulfide) groups is 1. The number of carbonyl (C=O) groups is 1. The van der Waals surface area contributed by atoms with Crippen LogP contribution in [-0.2, 0) is 16.1 Å². The van der Waals surface area contributed by atoms with Crippen molar-refractivity contribution in [2.45, 2.75) is 46.6 Å². The number of thiocarbonyl (C=S) groups is 1. The van der Waals surface area contributed by atoms with Gasteiger partial charge >= 0.3 is 0 Å². The molecular weight excluding hydrogens is 444 g/mol. The molecule has 172 valence electrons. The monoisotopic (exact) mass is 474 g/mol. The van der Waals surface area contributed by atoms with Gasteiger partial charge in [0.1, 0.15) is 21.8 Å². The quantitative estimate of drug-likeness (QED) is 0.340. The molecule has 2 aliphatic rings. The number of rotatable bonds is 7. The number of nitriles is 1. The third-order valence-electron chi connectivity index (χ3n) is 6.00. The molecular formula is C23H30N4O3S2. The van der Waals surface area contributed by atoms with Gasteiger partial charge in [0.15, 0.2) is 0 Å². The SMILES string of the molecule is CCn1c(N2CCCC(C)C2)c(/C=C2/SC(=S)N(CCCOC)C2=O)c(C)c(C#N)c1=O.